The molecule has 1 aromatic heterocycles. The van der Waals surface area contributed by atoms with E-state index in [2.05, 4.69) is 15.7 Å². The van der Waals surface area contributed by atoms with E-state index in [1.165, 1.54) is 5.56 Å². The first-order chi connectivity index (χ1) is 8.75. The molecule has 0 saturated carbocycles. The van der Waals surface area contributed by atoms with Gasteiger partial charge >= 0.3 is 0 Å². The summed E-state index contributed by atoms with van der Waals surface area (Å²) in [5.74, 6) is 0.112. The zero-order valence-corrected chi connectivity index (χ0v) is 10.5. The van der Waals surface area contributed by atoms with Crippen LogP contribution in [0.4, 0.5) is 10.7 Å². The normalized spacial score (nSPS) is 14.7. The van der Waals surface area contributed by atoms with Crippen LogP contribution in [-0.4, -0.2) is 15.5 Å². The number of nitrogens with zero attached hydrogens (tertiary/aromatic N) is 3. The third kappa shape index (κ3) is 1.84. The van der Waals surface area contributed by atoms with Crippen LogP contribution in [0, 0.1) is 0 Å². The van der Waals surface area contributed by atoms with Crippen molar-refractivity contribution in [3.8, 4) is 0 Å². The lowest BCUT2D eigenvalue weighted by atomic mass is 10.0. The predicted octanol–water partition coefficient (Wildman–Crippen LogP) is 1.60. The van der Waals surface area contributed by atoms with E-state index in [9.17, 15) is 4.79 Å². The lowest BCUT2D eigenvalue weighted by Gasteiger charge is -2.28. The van der Waals surface area contributed by atoms with Gasteiger partial charge in [0, 0.05) is 23.6 Å². The zero-order chi connectivity index (χ0) is 12.5. The van der Waals surface area contributed by atoms with Gasteiger partial charge in [-0.2, -0.15) is 0 Å². The molecule has 5 nitrogen and oxygen atoms in total. The quantitative estimate of drug-likeness (QED) is 0.890. The first-order valence-electron chi connectivity index (χ1n) is 5.70. The molecule has 0 aliphatic carbocycles. The number of hydrogen-bond acceptors (Lipinski definition) is 5. The second kappa shape index (κ2) is 4.38. The van der Waals surface area contributed by atoms with Crippen LogP contribution < -0.4 is 10.6 Å². The number of amides is 1. The molecule has 1 aromatic carbocycles. The molecule has 1 amide bonds. The van der Waals surface area contributed by atoms with Gasteiger partial charge in [-0.15, -0.1) is 5.10 Å². The summed E-state index contributed by atoms with van der Waals surface area (Å²) in [6, 6.07) is 7.94. The van der Waals surface area contributed by atoms with Crippen LogP contribution in [0.25, 0.3) is 0 Å². The summed E-state index contributed by atoms with van der Waals surface area (Å²) in [5, 5.41) is 4.54. The van der Waals surface area contributed by atoms with Crippen LogP contribution in [0.15, 0.2) is 24.3 Å². The number of aromatic nitrogens is 2. The summed E-state index contributed by atoms with van der Waals surface area (Å²) in [6.45, 7) is 0.401. The molecule has 2 N–H and O–H groups in total. The van der Waals surface area contributed by atoms with Crippen LogP contribution in [-0.2, 0) is 17.8 Å². The Hall–Kier alpha value is -1.95. The van der Waals surface area contributed by atoms with Gasteiger partial charge in [0.1, 0.15) is 10.7 Å². The number of nitrogen functional groups attached to an aromatic ring is 1. The number of rotatable bonds is 2. The number of anilines is 2. The number of hydrogen-bond donors (Lipinski definition) is 1. The maximum absolute atomic E-state index is 12.0. The molecular weight excluding hydrogens is 248 g/mol. The van der Waals surface area contributed by atoms with Gasteiger partial charge < -0.3 is 10.6 Å². The molecule has 6 heteroatoms. The average molecular weight is 260 g/mol. The number of aryl methyl sites for hydroxylation is 1. The van der Waals surface area contributed by atoms with Gasteiger partial charge in [-0.1, -0.05) is 22.7 Å². The number of carbonyl (C=O) groups excluding carboxylic acids is 1. The third-order valence-electron chi connectivity index (χ3n) is 3.08. The molecule has 0 bridgehead atoms. The van der Waals surface area contributed by atoms with Crippen LogP contribution in [0.5, 0.6) is 0 Å². The van der Waals surface area contributed by atoms with E-state index in [1.54, 1.807) is 4.90 Å². The fourth-order valence-corrected chi connectivity index (χ4v) is 2.58. The van der Waals surface area contributed by atoms with Crippen molar-refractivity contribution in [3.05, 3.63) is 35.5 Å². The molecule has 0 radical (unpaired) electrons. The Kier molecular flexibility index (Phi) is 2.71. The fraction of sp³-hybridized carbons (Fsp3) is 0.250. The standard InChI is InChI=1S/C12H12N4OS/c13-12-9(14-15-18-12)7-16-10-4-2-1-3-8(10)5-6-11(16)17/h1-4H,5-7,13H2. The smallest absolute Gasteiger partial charge is 0.227 e. The Balaban J connectivity index is 1.96. The second-order valence-corrected chi connectivity index (χ2v) is 4.98. The molecule has 0 unspecified atom stereocenters. The summed E-state index contributed by atoms with van der Waals surface area (Å²) in [4.78, 5) is 13.8. The highest BCUT2D eigenvalue weighted by Gasteiger charge is 2.25. The molecule has 1 aliphatic heterocycles. The van der Waals surface area contributed by atoms with E-state index < -0.39 is 0 Å². The largest absolute Gasteiger partial charge is 0.388 e. The lowest BCUT2D eigenvalue weighted by Crippen LogP contribution is -2.34. The number of para-hydroxylation sites is 1. The Bertz CT molecular complexity index is 595. The molecule has 0 atom stereocenters. The Morgan fingerprint density at radius 1 is 1.33 bits per heavy atom. The molecule has 3 rings (SSSR count). The maximum Gasteiger partial charge on any atom is 0.227 e. The minimum absolute atomic E-state index is 0.112. The molecule has 0 spiro atoms. The van der Waals surface area contributed by atoms with E-state index in [4.69, 9.17) is 5.73 Å². The highest BCUT2D eigenvalue weighted by atomic mass is 32.1. The van der Waals surface area contributed by atoms with E-state index in [0.29, 0.717) is 23.7 Å². The van der Waals surface area contributed by atoms with Gasteiger partial charge in [0.15, 0.2) is 0 Å². The van der Waals surface area contributed by atoms with Crippen molar-refractivity contribution < 1.29 is 4.79 Å². The van der Waals surface area contributed by atoms with Crippen molar-refractivity contribution in [2.45, 2.75) is 19.4 Å². The summed E-state index contributed by atoms with van der Waals surface area (Å²) in [5.41, 5.74) is 8.60. The van der Waals surface area contributed by atoms with Crippen LogP contribution >= 0.6 is 11.5 Å². The van der Waals surface area contributed by atoms with Gasteiger partial charge in [0.25, 0.3) is 0 Å². The minimum Gasteiger partial charge on any atom is -0.388 e. The Morgan fingerprint density at radius 3 is 2.94 bits per heavy atom. The van der Waals surface area contributed by atoms with Gasteiger partial charge in [-0.25, -0.2) is 0 Å². The van der Waals surface area contributed by atoms with Crippen molar-refractivity contribution in [3.63, 3.8) is 0 Å². The van der Waals surface area contributed by atoms with Gasteiger partial charge in [0.2, 0.25) is 5.91 Å². The second-order valence-electron chi connectivity index (χ2n) is 4.19. The van der Waals surface area contributed by atoms with Crippen molar-refractivity contribution >= 4 is 28.1 Å². The number of fused-ring (bicyclic) bond motifs is 1. The first-order valence-corrected chi connectivity index (χ1v) is 6.48. The van der Waals surface area contributed by atoms with Crippen LogP contribution in [0.1, 0.15) is 17.7 Å². The topological polar surface area (TPSA) is 72.1 Å². The Labute approximate surface area is 108 Å². The molecule has 18 heavy (non-hydrogen) atoms. The SMILES string of the molecule is Nc1snnc1CN1C(=O)CCc2ccccc21. The lowest BCUT2D eigenvalue weighted by molar-refractivity contribution is -0.119. The summed E-state index contributed by atoms with van der Waals surface area (Å²) < 4.78 is 3.80. The highest BCUT2D eigenvalue weighted by Crippen LogP contribution is 2.29. The summed E-state index contributed by atoms with van der Waals surface area (Å²) in [6.07, 6.45) is 1.34. The molecule has 0 saturated heterocycles. The fourth-order valence-electron chi connectivity index (χ4n) is 2.14. The molecule has 0 fully saturated rings. The van der Waals surface area contributed by atoms with Crippen molar-refractivity contribution in [2.24, 2.45) is 0 Å². The van der Waals surface area contributed by atoms with Crippen molar-refractivity contribution in [1.82, 2.24) is 9.59 Å². The monoisotopic (exact) mass is 260 g/mol. The summed E-state index contributed by atoms with van der Waals surface area (Å²) in [7, 11) is 0. The van der Waals surface area contributed by atoms with Crippen LogP contribution in [0.2, 0.25) is 0 Å². The third-order valence-corrected chi connectivity index (χ3v) is 3.68. The van der Waals surface area contributed by atoms with Gasteiger partial charge in [-0.05, 0) is 18.1 Å². The molecule has 92 valence electrons. The predicted molar refractivity (Wildman–Crippen MR) is 70.3 cm³/mol. The molecule has 1 aliphatic rings. The first kappa shape index (κ1) is 11.2. The molecule has 2 aromatic rings. The van der Waals surface area contributed by atoms with Gasteiger partial charge in [0.05, 0.1) is 6.54 Å². The molecular formula is C12H12N4OS. The number of benzene rings is 1. The minimum atomic E-state index is 0.112. The number of nitrogens with two attached hydrogens (primary N) is 1. The van der Waals surface area contributed by atoms with E-state index in [-0.39, 0.29) is 5.91 Å². The van der Waals surface area contributed by atoms with E-state index >= 15 is 0 Å². The molecule has 2 heterocycles. The zero-order valence-electron chi connectivity index (χ0n) is 9.67. The van der Waals surface area contributed by atoms with E-state index in [1.807, 2.05) is 18.2 Å². The van der Waals surface area contributed by atoms with Crippen molar-refractivity contribution in [1.29, 1.82) is 0 Å². The van der Waals surface area contributed by atoms with Gasteiger partial charge in [-0.3, -0.25) is 4.79 Å². The summed E-state index contributed by atoms with van der Waals surface area (Å²) >= 11 is 1.15. The van der Waals surface area contributed by atoms with Crippen molar-refractivity contribution in [2.75, 3.05) is 10.6 Å². The average Bonchev–Trinajstić information content (AvgIpc) is 2.79. The van der Waals surface area contributed by atoms with Crippen LogP contribution in [0.3, 0.4) is 0 Å². The highest BCUT2D eigenvalue weighted by molar-refractivity contribution is 7.09. The Morgan fingerprint density at radius 2 is 2.17 bits per heavy atom. The number of carbonyl (C=O) groups is 1. The maximum atomic E-state index is 12.0. The van der Waals surface area contributed by atoms with E-state index in [0.717, 1.165) is 23.6 Å².